The Hall–Kier alpha value is -2.48. The second-order valence-electron chi connectivity index (χ2n) is 5.45. The number of carbonyl (C=O) groups is 2. The molecule has 134 valence electrons. The van der Waals surface area contributed by atoms with E-state index in [2.05, 4.69) is 10.2 Å². The third-order valence-electron chi connectivity index (χ3n) is 3.80. The highest BCUT2D eigenvalue weighted by molar-refractivity contribution is 7.98. The van der Waals surface area contributed by atoms with Gasteiger partial charge in [-0.15, -0.1) is 11.8 Å². The number of hydrogen-bond acceptors (Lipinski definition) is 5. The van der Waals surface area contributed by atoms with E-state index in [1.54, 1.807) is 18.7 Å². The van der Waals surface area contributed by atoms with Crippen molar-refractivity contribution in [3.8, 4) is 0 Å². The first kappa shape index (κ1) is 18.9. The van der Waals surface area contributed by atoms with E-state index < -0.39 is 17.8 Å². The number of nitrogens with one attached hydrogen (secondary N) is 2. The first-order valence-corrected chi connectivity index (χ1v) is 9.06. The molecule has 0 unspecified atom stereocenters. The molecule has 25 heavy (non-hydrogen) atoms. The monoisotopic (exact) mass is 363 g/mol. The van der Waals surface area contributed by atoms with Crippen molar-refractivity contribution in [1.29, 1.82) is 0 Å². The van der Waals surface area contributed by atoms with Gasteiger partial charge in [0.15, 0.2) is 0 Å². The number of nitrogens with two attached hydrogens (primary N) is 1. The summed E-state index contributed by atoms with van der Waals surface area (Å²) < 4.78 is 4.94. The number of rotatable bonds is 8. The van der Waals surface area contributed by atoms with Gasteiger partial charge in [0.05, 0.1) is 18.7 Å². The molecule has 0 aliphatic carbocycles. The average molecular weight is 363 g/mol. The van der Waals surface area contributed by atoms with E-state index in [9.17, 15) is 14.4 Å². The maximum Gasteiger partial charge on any atom is 0.311 e. The molecule has 0 saturated heterocycles. The van der Waals surface area contributed by atoms with E-state index in [1.165, 1.54) is 0 Å². The molecule has 2 rings (SSSR count). The van der Waals surface area contributed by atoms with Gasteiger partial charge >= 0.3 is 5.97 Å². The Morgan fingerprint density at radius 1 is 1.24 bits per heavy atom. The van der Waals surface area contributed by atoms with E-state index in [0.717, 1.165) is 10.5 Å². The summed E-state index contributed by atoms with van der Waals surface area (Å²) in [5.41, 5.74) is 6.54. The summed E-state index contributed by atoms with van der Waals surface area (Å²) in [7, 11) is 0. The van der Waals surface area contributed by atoms with Crippen LogP contribution in [-0.4, -0.2) is 34.9 Å². The van der Waals surface area contributed by atoms with Crippen LogP contribution in [0.5, 0.6) is 0 Å². The largest absolute Gasteiger partial charge is 0.466 e. The molecule has 1 aromatic carbocycles. The zero-order valence-corrected chi connectivity index (χ0v) is 14.9. The number of primary amides is 1. The molecule has 1 aromatic heterocycles. The van der Waals surface area contributed by atoms with Crippen molar-refractivity contribution in [1.82, 2.24) is 10.2 Å². The fourth-order valence-electron chi connectivity index (χ4n) is 2.69. The number of carbonyl (C=O) groups excluding carboxylic acids is 2. The van der Waals surface area contributed by atoms with E-state index in [0.29, 0.717) is 11.3 Å². The van der Waals surface area contributed by atoms with E-state index in [1.807, 2.05) is 30.5 Å². The molecule has 0 fully saturated rings. The number of esters is 1. The summed E-state index contributed by atoms with van der Waals surface area (Å²) in [4.78, 5) is 36.7. The maximum absolute atomic E-state index is 12.3. The van der Waals surface area contributed by atoms with Gasteiger partial charge in [-0.1, -0.05) is 12.1 Å². The molecule has 0 spiro atoms. The van der Waals surface area contributed by atoms with Crippen LogP contribution in [0.15, 0.2) is 34.0 Å². The lowest BCUT2D eigenvalue weighted by molar-refractivity contribution is -0.142. The average Bonchev–Trinajstić information content (AvgIpc) is 2.93. The number of benzene rings is 1. The molecule has 7 nitrogen and oxygen atoms in total. The van der Waals surface area contributed by atoms with Crippen LogP contribution in [0.25, 0.3) is 0 Å². The van der Waals surface area contributed by atoms with Gasteiger partial charge in [0.2, 0.25) is 5.91 Å². The molecule has 1 heterocycles. The van der Waals surface area contributed by atoms with Gasteiger partial charge in [0.1, 0.15) is 0 Å². The molecule has 0 aliphatic heterocycles. The zero-order chi connectivity index (χ0) is 18.4. The Balaban J connectivity index is 2.43. The molecular weight excluding hydrogens is 342 g/mol. The lowest BCUT2D eigenvalue weighted by Crippen LogP contribution is -2.21. The Labute approximate surface area is 149 Å². The molecule has 0 saturated carbocycles. The number of aromatic nitrogens is 2. The van der Waals surface area contributed by atoms with Gasteiger partial charge in [0.25, 0.3) is 5.56 Å². The van der Waals surface area contributed by atoms with Gasteiger partial charge < -0.3 is 15.6 Å². The predicted molar refractivity (Wildman–Crippen MR) is 95.6 cm³/mol. The lowest BCUT2D eigenvalue weighted by atomic mass is 9.88. The van der Waals surface area contributed by atoms with Crippen LogP contribution in [-0.2, 0) is 20.7 Å². The van der Waals surface area contributed by atoms with E-state index in [-0.39, 0.29) is 25.0 Å². The molecule has 0 bridgehead atoms. The van der Waals surface area contributed by atoms with Crippen molar-refractivity contribution in [2.45, 2.75) is 30.6 Å². The Kier molecular flexibility index (Phi) is 6.46. The van der Waals surface area contributed by atoms with Crippen LogP contribution in [0.1, 0.15) is 36.1 Å². The molecule has 8 heteroatoms. The van der Waals surface area contributed by atoms with Crippen molar-refractivity contribution in [2.24, 2.45) is 5.73 Å². The second kappa shape index (κ2) is 8.57. The summed E-state index contributed by atoms with van der Waals surface area (Å²) in [6.45, 7) is 1.96. The molecule has 1 atom stereocenters. The van der Waals surface area contributed by atoms with Gasteiger partial charge in [-0.25, -0.2) is 0 Å². The van der Waals surface area contributed by atoms with Gasteiger partial charge in [-0.05, 0) is 30.9 Å². The van der Waals surface area contributed by atoms with Crippen molar-refractivity contribution in [2.75, 3.05) is 12.9 Å². The minimum atomic E-state index is -0.534. The Morgan fingerprint density at radius 3 is 2.48 bits per heavy atom. The topological polar surface area (TPSA) is 118 Å². The number of H-pyrrole nitrogens is 2. The summed E-state index contributed by atoms with van der Waals surface area (Å²) in [5, 5.41) is 5.20. The number of hydrogen-bond donors (Lipinski definition) is 3. The van der Waals surface area contributed by atoms with Crippen LogP contribution in [0.2, 0.25) is 0 Å². The molecule has 2 aromatic rings. The zero-order valence-electron chi connectivity index (χ0n) is 14.1. The number of amides is 1. The van der Waals surface area contributed by atoms with Crippen molar-refractivity contribution in [3.05, 3.63) is 51.4 Å². The molecule has 0 radical (unpaired) electrons. The first-order valence-electron chi connectivity index (χ1n) is 7.83. The number of aromatic amines is 2. The van der Waals surface area contributed by atoms with Crippen molar-refractivity contribution >= 4 is 23.6 Å². The summed E-state index contributed by atoms with van der Waals surface area (Å²) >= 11 is 1.59. The minimum absolute atomic E-state index is 0.0324. The van der Waals surface area contributed by atoms with Crippen LogP contribution < -0.4 is 11.3 Å². The highest BCUT2D eigenvalue weighted by Gasteiger charge is 2.25. The lowest BCUT2D eigenvalue weighted by Gasteiger charge is -2.16. The summed E-state index contributed by atoms with van der Waals surface area (Å²) in [5.74, 6) is -1.51. The predicted octanol–water partition coefficient (Wildman–Crippen LogP) is 1.54. The second-order valence-corrected chi connectivity index (χ2v) is 6.33. The summed E-state index contributed by atoms with van der Waals surface area (Å²) in [6.07, 6.45) is 1.85. The standard InChI is InChI=1S/C17H21N3O4S/c1-3-24-15(22)9-13-16(17(23)20-19-13)12(8-14(18)21)10-4-6-11(25-2)7-5-10/h4-7,12H,3,8-9H2,1-2H3,(H2,18,21)(H2,19,20,23)/t12-/m1/s1. The SMILES string of the molecule is CCOC(=O)Cc1[nH][nH]c(=O)c1[C@H](CC(N)=O)c1ccc(SC)cc1. The van der Waals surface area contributed by atoms with Gasteiger partial charge in [-0.2, -0.15) is 0 Å². The molecule has 4 N–H and O–H groups in total. The van der Waals surface area contributed by atoms with Gasteiger partial charge in [-0.3, -0.25) is 19.5 Å². The number of thioether (sulfide) groups is 1. The van der Waals surface area contributed by atoms with Crippen LogP contribution in [0.3, 0.4) is 0 Å². The Bertz CT molecular complexity index is 795. The molecular formula is C17H21N3O4S. The van der Waals surface area contributed by atoms with Crippen LogP contribution in [0.4, 0.5) is 0 Å². The number of ether oxygens (including phenoxy) is 1. The normalized spacial score (nSPS) is 11.9. The third kappa shape index (κ3) is 4.76. The summed E-state index contributed by atoms with van der Waals surface area (Å²) in [6, 6.07) is 7.56. The van der Waals surface area contributed by atoms with E-state index in [4.69, 9.17) is 10.5 Å². The maximum atomic E-state index is 12.3. The van der Waals surface area contributed by atoms with Crippen molar-refractivity contribution in [3.63, 3.8) is 0 Å². The first-order chi connectivity index (χ1) is 12.0. The Morgan fingerprint density at radius 2 is 1.92 bits per heavy atom. The van der Waals surface area contributed by atoms with E-state index >= 15 is 0 Å². The molecule has 1 amide bonds. The minimum Gasteiger partial charge on any atom is -0.466 e. The van der Waals surface area contributed by atoms with Gasteiger partial charge in [0, 0.05) is 22.8 Å². The fourth-order valence-corrected chi connectivity index (χ4v) is 3.10. The highest BCUT2D eigenvalue weighted by atomic mass is 32.2. The third-order valence-corrected chi connectivity index (χ3v) is 4.54. The quantitative estimate of drug-likeness (QED) is 0.486. The molecule has 0 aliphatic rings. The smallest absolute Gasteiger partial charge is 0.311 e. The van der Waals surface area contributed by atoms with Crippen LogP contribution >= 0.6 is 11.8 Å². The highest BCUT2D eigenvalue weighted by Crippen LogP contribution is 2.29. The fraction of sp³-hybridized carbons (Fsp3) is 0.353. The van der Waals surface area contributed by atoms with Crippen molar-refractivity contribution < 1.29 is 14.3 Å². The van der Waals surface area contributed by atoms with Crippen LogP contribution in [0, 0.1) is 0 Å².